The Morgan fingerprint density at radius 3 is 2.46 bits per heavy atom. The highest BCUT2D eigenvalue weighted by Gasteiger charge is 2.95. The molecule has 192 valence electrons. The summed E-state index contributed by atoms with van der Waals surface area (Å²) < 4.78 is 20.6. The van der Waals surface area contributed by atoms with Crippen molar-refractivity contribution in [2.24, 2.45) is 11.3 Å². The van der Waals surface area contributed by atoms with Gasteiger partial charge in [0.25, 0.3) is 0 Å². The first-order valence-corrected chi connectivity index (χ1v) is 13.0. The van der Waals surface area contributed by atoms with Gasteiger partial charge in [-0.25, -0.2) is 9.37 Å². The number of carboxylic acids is 1. The number of aliphatic hydroxyl groups is 1. The Morgan fingerprint density at radius 1 is 1.11 bits per heavy atom. The van der Waals surface area contributed by atoms with Gasteiger partial charge in [-0.15, -0.1) is 0 Å². The molecule has 2 aromatic carbocycles. The van der Waals surface area contributed by atoms with Crippen LogP contribution >= 0.6 is 0 Å². The van der Waals surface area contributed by atoms with Crippen LogP contribution in [0.2, 0.25) is 0 Å². The fourth-order valence-electron chi connectivity index (χ4n) is 6.89. The molecule has 0 spiro atoms. The molecule has 2 fully saturated rings. The summed E-state index contributed by atoms with van der Waals surface area (Å²) in [5.41, 5.74) is 6.80. The van der Waals surface area contributed by atoms with Crippen LogP contribution in [0, 0.1) is 31.0 Å². The van der Waals surface area contributed by atoms with Gasteiger partial charge in [-0.05, 0) is 104 Å². The Bertz CT molecular complexity index is 1420. The first kappa shape index (κ1) is 24.1. The van der Waals surface area contributed by atoms with Gasteiger partial charge in [-0.1, -0.05) is 18.2 Å². The maximum absolute atomic E-state index is 14.7. The largest absolute Gasteiger partial charge is 0.481 e. The summed E-state index contributed by atoms with van der Waals surface area (Å²) in [4.78, 5) is 16.1. The molecule has 4 aliphatic carbocycles. The smallest absolute Gasteiger partial charge is 0.311 e. The number of rotatable bonds is 9. The summed E-state index contributed by atoms with van der Waals surface area (Å²) in [6.07, 6.45) is 4.30. The van der Waals surface area contributed by atoms with E-state index in [1.807, 2.05) is 26.0 Å². The predicted molar refractivity (Wildman–Crippen MR) is 138 cm³/mol. The zero-order chi connectivity index (χ0) is 26.3. The van der Waals surface area contributed by atoms with Gasteiger partial charge in [0.1, 0.15) is 12.4 Å². The van der Waals surface area contributed by atoms with Gasteiger partial charge in [0.15, 0.2) is 0 Å². The van der Waals surface area contributed by atoms with Crippen LogP contribution in [0.4, 0.5) is 4.39 Å². The summed E-state index contributed by atoms with van der Waals surface area (Å²) >= 11 is 0. The fraction of sp³-hybridized carbons (Fsp3) is 0.419. The Balaban J connectivity index is 1.17. The number of aromatic nitrogens is 1. The predicted octanol–water partition coefficient (Wildman–Crippen LogP) is 6.07. The second-order valence-corrected chi connectivity index (χ2v) is 11.7. The molecule has 0 saturated heterocycles. The monoisotopic (exact) mass is 501 g/mol. The molecule has 1 heterocycles. The Labute approximate surface area is 216 Å². The zero-order valence-electron chi connectivity index (χ0n) is 21.6. The molecule has 1 aromatic heterocycles. The standard InChI is InChI=1S/C31H32FNO4/c1-16-10-18(6-5-9-30(3,4)36)11-17(2)25(16)19-7-8-23(32)20(12-19)15-37-24-13-21-22(14-33-24)27-28-26(21)31(27,28)29(34)35/h7-8,10-14,26-28,36H,5-6,9,15H2,1-4H3,(H,34,35)/t26?,27-,28+,31-/m0/s1. The van der Waals surface area contributed by atoms with Crippen LogP contribution in [0.5, 0.6) is 5.88 Å². The molecule has 37 heavy (non-hydrogen) atoms. The van der Waals surface area contributed by atoms with Crippen molar-refractivity contribution in [3.63, 3.8) is 0 Å². The summed E-state index contributed by atoms with van der Waals surface area (Å²) in [5, 5.41) is 19.6. The fourth-order valence-corrected chi connectivity index (χ4v) is 6.89. The summed E-state index contributed by atoms with van der Waals surface area (Å²) in [5.74, 6) is -0.221. The van der Waals surface area contributed by atoms with Gasteiger partial charge in [-0.3, -0.25) is 4.79 Å². The lowest BCUT2D eigenvalue weighted by molar-refractivity contribution is -0.141. The van der Waals surface area contributed by atoms with E-state index in [-0.39, 0.29) is 30.2 Å². The van der Waals surface area contributed by atoms with E-state index in [1.54, 1.807) is 12.3 Å². The van der Waals surface area contributed by atoms with Crippen molar-refractivity contribution in [3.8, 4) is 17.0 Å². The second-order valence-electron chi connectivity index (χ2n) is 11.7. The number of hydrogen-bond donors (Lipinski definition) is 2. The van der Waals surface area contributed by atoms with Crippen LogP contribution in [-0.4, -0.2) is 26.8 Å². The van der Waals surface area contributed by atoms with E-state index in [1.165, 1.54) is 11.6 Å². The lowest BCUT2D eigenvalue weighted by Gasteiger charge is -2.18. The average molecular weight is 502 g/mol. The first-order valence-electron chi connectivity index (χ1n) is 13.0. The van der Waals surface area contributed by atoms with Gasteiger partial charge < -0.3 is 14.9 Å². The Kier molecular flexibility index (Phi) is 5.29. The highest BCUT2D eigenvalue weighted by atomic mass is 19.1. The third-order valence-corrected chi connectivity index (χ3v) is 8.62. The van der Waals surface area contributed by atoms with E-state index in [4.69, 9.17) is 4.74 Å². The molecule has 0 aliphatic heterocycles. The maximum Gasteiger partial charge on any atom is 0.311 e. The van der Waals surface area contributed by atoms with Crippen molar-refractivity contribution in [1.82, 2.24) is 4.98 Å². The molecule has 3 aromatic rings. The number of aryl methyl sites for hydroxylation is 3. The number of ether oxygens (including phenoxy) is 1. The zero-order valence-corrected chi connectivity index (χ0v) is 21.6. The van der Waals surface area contributed by atoms with E-state index in [0.29, 0.717) is 11.4 Å². The quantitative estimate of drug-likeness (QED) is 0.372. The second kappa shape index (κ2) is 8.12. The van der Waals surface area contributed by atoms with E-state index in [9.17, 15) is 19.4 Å². The van der Waals surface area contributed by atoms with Crippen molar-refractivity contribution >= 4 is 5.97 Å². The first-order chi connectivity index (χ1) is 17.5. The highest BCUT2D eigenvalue weighted by Crippen LogP contribution is 2.96. The summed E-state index contributed by atoms with van der Waals surface area (Å²) in [6.45, 7) is 7.86. The molecule has 7 rings (SSSR count). The average Bonchev–Trinajstić information content (AvgIpc) is 3.60. The molecular weight excluding hydrogens is 469 g/mol. The summed E-state index contributed by atoms with van der Waals surface area (Å²) in [7, 11) is 0. The Hall–Kier alpha value is -3.25. The number of halogens is 1. The minimum Gasteiger partial charge on any atom is -0.481 e. The van der Waals surface area contributed by atoms with Crippen molar-refractivity contribution in [2.45, 2.75) is 71.0 Å². The van der Waals surface area contributed by atoms with Gasteiger partial charge in [0.2, 0.25) is 5.88 Å². The van der Waals surface area contributed by atoms with E-state index in [0.717, 1.165) is 52.6 Å². The molecule has 5 nitrogen and oxygen atoms in total. The van der Waals surface area contributed by atoms with Gasteiger partial charge in [0, 0.05) is 29.7 Å². The number of nitrogens with zero attached hydrogens (tertiary/aromatic N) is 1. The van der Waals surface area contributed by atoms with E-state index in [2.05, 4.69) is 31.0 Å². The van der Waals surface area contributed by atoms with Crippen molar-refractivity contribution in [2.75, 3.05) is 0 Å². The normalized spacial score (nSPS) is 24.4. The number of benzene rings is 2. The lowest BCUT2D eigenvalue weighted by atomic mass is 9.90. The number of pyridine rings is 1. The number of aliphatic carboxylic acids is 1. The number of carbonyl (C=O) groups is 1. The van der Waals surface area contributed by atoms with E-state index < -0.39 is 17.0 Å². The lowest BCUT2D eigenvalue weighted by Crippen LogP contribution is -2.18. The van der Waals surface area contributed by atoms with Crippen LogP contribution in [0.25, 0.3) is 11.1 Å². The third kappa shape index (κ3) is 3.76. The summed E-state index contributed by atoms with van der Waals surface area (Å²) in [6, 6.07) is 11.3. The molecule has 2 saturated carbocycles. The van der Waals surface area contributed by atoms with Gasteiger partial charge in [0.05, 0.1) is 11.0 Å². The molecular formula is C31H32FNO4. The number of hydrogen-bond acceptors (Lipinski definition) is 4. The van der Waals surface area contributed by atoms with Crippen molar-refractivity contribution in [1.29, 1.82) is 0 Å². The molecule has 0 amide bonds. The molecule has 4 aliphatic rings. The molecule has 6 heteroatoms. The minimum absolute atomic E-state index is 0.0418. The van der Waals surface area contributed by atoms with Crippen LogP contribution in [0.15, 0.2) is 42.6 Å². The van der Waals surface area contributed by atoms with Gasteiger partial charge >= 0.3 is 5.97 Å². The van der Waals surface area contributed by atoms with Crippen molar-refractivity contribution < 1.29 is 24.1 Å². The van der Waals surface area contributed by atoms with Gasteiger partial charge in [-0.2, -0.15) is 0 Å². The SMILES string of the molecule is Cc1cc(CCCC(C)(C)O)cc(C)c1-c1ccc(F)c(COc2cc3c(cn2)[C@H]2[C@H]4C3[C@@]42C(=O)O)c1. The number of carboxylic acid groups (broad SMARTS) is 1. The van der Waals surface area contributed by atoms with Crippen LogP contribution in [0.1, 0.15) is 71.9 Å². The minimum atomic E-state index is -0.710. The molecule has 1 unspecified atom stereocenters. The molecule has 0 radical (unpaired) electrons. The molecule has 4 atom stereocenters. The van der Waals surface area contributed by atoms with Crippen LogP contribution < -0.4 is 4.74 Å². The topological polar surface area (TPSA) is 79.7 Å². The van der Waals surface area contributed by atoms with Crippen molar-refractivity contribution in [3.05, 3.63) is 81.8 Å². The third-order valence-electron chi connectivity index (χ3n) is 8.62. The Morgan fingerprint density at radius 2 is 1.81 bits per heavy atom. The van der Waals surface area contributed by atoms with Crippen LogP contribution in [0.3, 0.4) is 0 Å². The molecule has 2 bridgehead atoms. The maximum atomic E-state index is 14.7. The van der Waals surface area contributed by atoms with E-state index >= 15 is 0 Å². The highest BCUT2D eigenvalue weighted by molar-refractivity contribution is 5.93. The molecule has 2 N–H and O–H groups in total. The van der Waals surface area contributed by atoms with Crippen LogP contribution in [-0.2, 0) is 17.8 Å².